The minimum Gasteiger partial charge on any atom is -0.478 e. The maximum Gasteiger partial charge on any atom is 0.338 e. The molecule has 0 fully saturated rings. The van der Waals surface area contributed by atoms with Crippen molar-refractivity contribution < 1.29 is 59.0 Å². The zero-order valence-electron chi connectivity index (χ0n) is 30.1. The minimum atomic E-state index is -0.879. The highest BCUT2D eigenvalue weighted by molar-refractivity contribution is 5.90. The van der Waals surface area contributed by atoms with Crippen LogP contribution in [-0.2, 0) is 4.74 Å². The van der Waals surface area contributed by atoms with Crippen molar-refractivity contribution in [3.05, 3.63) is 215 Å². The van der Waals surface area contributed by atoms with Crippen LogP contribution in [0.3, 0.4) is 0 Å². The summed E-state index contributed by atoms with van der Waals surface area (Å²) in [5.41, 5.74) is 2.26. The van der Waals surface area contributed by atoms with Crippen LogP contribution in [0.25, 0.3) is 0 Å². The molecule has 0 spiro atoms. The van der Waals surface area contributed by atoms with Gasteiger partial charge in [0.25, 0.3) is 0 Å². The Kier molecular flexibility index (Phi) is 22.9. The van der Waals surface area contributed by atoms with Crippen LogP contribution in [0.15, 0.2) is 182 Å². The van der Waals surface area contributed by atoms with E-state index in [1.165, 1.54) is 0 Å². The van der Waals surface area contributed by atoms with Gasteiger partial charge in [0.15, 0.2) is 0 Å². The van der Waals surface area contributed by atoms with Gasteiger partial charge in [0.1, 0.15) is 0 Å². The first-order valence-electron chi connectivity index (χ1n) is 16.5. The van der Waals surface area contributed by atoms with E-state index in [4.69, 9.17) is 30.3 Å². The quantitative estimate of drug-likeness (QED) is 0.0966. The Hall–Kier alpha value is -7.86. The summed E-state index contributed by atoms with van der Waals surface area (Å²) in [6, 6.07) is 50.4. The van der Waals surface area contributed by atoms with Gasteiger partial charge in [-0.25, -0.2) is 28.8 Å². The minimum absolute atomic E-state index is 0.256. The molecule has 5 N–H and O–H groups in total. The Morgan fingerprint density at radius 3 is 0.607 bits per heavy atom. The number of carboxylic acid groups (broad SMARTS) is 5. The molecule has 56 heavy (non-hydrogen) atoms. The van der Waals surface area contributed by atoms with Crippen molar-refractivity contribution in [2.45, 2.75) is 6.92 Å². The molecule has 0 saturated carbocycles. The van der Waals surface area contributed by atoms with Crippen LogP contribution >= 0.6 is 0 Å². The maximum atomic E-state index is 11.0. The van der Waals surface area contributed by atoms with Crippen molar-refractivity contribution in [2.24, 2.45) is 0 Å². The molecule has 0 aromatic heterocycles. The monoisotopic (exact) mass is 760 g/mol. The van der Waals surface area contributed by atoms with Crippen LogP contribution < -0.4 is 0 Å². The van der Waals surface area contributed by atoms with Crippen molar-refractivity contribution in [1.29, 1.82) is 0 Å². The largest absolute Gasteiger partial charge is 0.478 e. The van der Waals surface area contributed by atoms with Crippen LogP contribution in [0.2, 0.25) is 0 Å². The summed E-state index contributed by atoms with van der Waals surface area (Å²) in [5.74, 6) is -4.65. The number of benzene rings is 6. The number of carbonyl (C=O) groups is 6. The van der Waals surface area contributed by atoms with Crippen molar-refractivity contribution in [2.75, 3.05) is 6.61 Å². The highest BCUT2D eigenvalue weighted by Gasteiger charge is 2.03. The average Bonchev–Trinajstić information content (AvgIpc) is 3.24. The highest BCUT2D eigenvalue weighted by Crippen LogP contribution is 2.01. The number of aromatic carboxylic acids is 5. The van der Waals surface area contributed by atoms with E-state index < -0.39 is 29.8 Å². The summed E-state index contributed by atoms with van der Waals surface area (Å²) in [4.78, 5) is 62.0. The molecule has 0 amide bonds. The zero-order chi connectivity index (χ0) is 41.6. The number of rotatable bonds is 7. The molecule has 6 rings (SSSR count). The number of carbonyl (C=O) groups excluding carboxylic acids is 1. The summed E-state index contributed by atoms with van der Waals surface area (Å²) < 4.78 is 4.79. The van der Waals surface area contributed by atoms with E-state index in [2.05, 4.69) is 0 Å². The van der Waals surface area contributed by atoms with Crippen molar-refractivity contribution in [3.63, 3.8) is 0 Å². The van der Waals surface area contributed by atoms with E-state index in [9.17, 15) is 28.8 Å². The van der Waals surface area contributed by atoms with Gasteiger partial charge in [-0.05, 0) is 79.7 Å². The van der Waals surface area contributed by atoms with Crippen molar-refractivity contribution in [1.82, 2.24) is 0 Å². The second-order valence-electron chi connectivity index (χ2n) is 10.4. The first-order chi connectivity index (χ1) is 26.9. The van der Waals surface area contributed by atoms with Gasteiger partial charge in [0.05, 0.1) is 40.0 Å². The predicted molar refractivity (Wildman–Crippen MR) is 209 cm³/mol. The fourth-order valence-corrected chi connectivity index (χ4v) is 3.69. The van der Waals surface area contributed by atoms with Gasteiger partial charge < -0.3 is 30.3 Å². The Morgan fingerprint density at radius 1 is 0.321 bits per heavy atom. The number of ether oxygens (including phenoxy) is 1. The molecule has 0 heterocycles. The number of hydrogen-bond acceptors (Lipinski definition) is 7. The van der Waals surface area contributed by atoms with E-state index in [0.717, 1.165) is 0 Å². The first kappa shape index (κ1) is 46.2. The normalized spacial score (nSPS) is 8.95. The van der Waals surface area contributed by atoms with Gasteiger partial charge in [-0.1, -0.05) is 109 Å². The molecule has 0 aliphatic heterocycles. The molecule has 0 aliphatic rings. The van der Waals surface area contributed by atoms with Crippen LogP contribution in [0, 0.1) is 0 Å². The van der Waals surface area contributed by atoms with Gasteiger partial charge in [0, 0.05) is 0 Å². The second kappa shape index (κ2) is 27.7. The number of hydrogen-bond donors (Lipinski definition) is 5. The Morgan fingerprint density at radius 2 is 0.482 bits per heavy atom. The molecule has 0 saturated heterocycles. The van der Waals surface area contributed by atoms with E-state index in [1.54, 1.807) is 171 Å². The molecule has 6 aromatic carbocycles. The first-order valence-corrected chi connectivity index (χ1v) is 16.5. The number of esters is 1. The van der Waals surface area contributed by atoms with Crippen LogP contribution in [0.4, 0.5) is 0 Å². The molecule has 0 atom stereocenters. The van der Waals surface area contributed by atoms with Gasteiger partial charge in [-0.3, -0.25) is 0 Å². The lowest BCUT2D eigenvalue weighted by Gasteiger charge is -1.99. The third-order valence-electron chi connectivity index (χ3n) is 6.39. The lowest BCUT2D eigenvalue weighted by molar-refractivity contribution is 0.0524. The molecule has 288 valence electrons. The summed E-state index contributed by atoms with van der Waals surface area (Å²) >= 11 is 0. The topological polar surface area (TPSA) is 213 Å². The van der Waals surface area contributed by atoms with Crippen molar-refractivity contribution in [3.8, 4) is 0 Å². The fraction of sp³-hybridized carbons (Fsp3) is 0.0455. The molecule has 0 aliphatic carbocycles. The number of carboxylic acids is 5. The molecule has 0 unspecified atom stereocenters. The third kappa shape index (κ3) is 20.9. The molecule has 0 bridgehead atoms. The standard InChI is InChI=1S/C9H10O2.5C7H6O2/c1-2-11-9(10)8-6-4-3-5-7-8;5*8-7(9)6-4-2-1-3-5-6/h3-7H,2H2,1H3;5*1-5H,(H,8,9). The van der Waals surface area contributed by atoms with Gasteiger partial charge >= 0.3 is 35.8 Å². The Bertz CT molecular complexity index is 1740. The second-order valence-corrected chi connectivity index (χ2v) is 10.4. The van der Waals surface area contributed by atoms with Crippen LogP contribution in [0.1, 0.15) is 69.1 Å². The lowest BCUT2D eigenvalue weighted by Crippen LogP contribution is -2.03. The molecule has 12 nitrogen and oxygen atoms in total. The van der Waals surface area contributed by atoms with Crippen LogP contribution in [-0.4, -0.2) is 68.0 Å². The maximum absolute atomic E-state index is 11.0. The smallest absolute Gasteiger partial charge is 0.338 e. The predicted octanol–water partition coefficient (Wildman–Crippen LogP) is 8.79. The molecular formula is C44H40O12. The van der Waals surface area contributed by atoms with E-state index in [0.29, 0.717) is 40.0 Å². The Labute approximate surface area is 323 Å². The van der Waals surface area contributed by atoms with E-state index in [1.807, 2.05) is 18.2 Å². The van der Waals surface area contributed by atoms with Gasteiger partial charge in [-0.2, -0.15) is 0 Å². The summed E-state index contributed by atoms with van der Waals surface area (Å²) in [5, 5.41) is 41.9. The van der Waals surface area contributed by atoms with Gasteiger partial charge in [-0.15, -0.1) is 0 Å². The lowest BCUT2D eigenvalue weighted by atomic mass is 10.2. The molecule has 12 heteroatoms. The average molecular weight is 761 g/mol. The van der Waals surface area contributed by atoms with Crippen molar-refractivity contribution >= 4 is 35.8 Å². The zero-order valence-corrected chi connectivity index (χ0v) is 30.1. The molecular weight excluding hydrogens is 720 g/mol. The fourth-order valence-electron chi connectivity index (χ4n) is 3.69. The van der Waals surface area contributed by atoms with Crippen LogP contribution in [0.5, 0.6) is 0 Å². The Balaban J connectivity index is 0.000000337. The highest BCUT2D eigenvalue weighted by atomic mass is 16.5. The van der Waals surface area contributed by atoms with E-state index >= 15 is 0 Å². The third-order valence-corrected chi connectivity index (χ3v) is 6.39. The SMILES string of the molecule is CCOC(=O)c1ccccc1.O=C(O)c1ccccc1.O=C(O)c1ccccc1.O=C(O)c1ccccc1.O=C(O)c1ccccc1.O=C(O)c1ccccc1. The summed E-state index contributed by atoms with van der Waals surface area (Å²) in [6.45, 7) is 2.22. The van der Waals surface area contributed by atoms with Gasteiger partial charge in [0.2, 0.25) is 0 Å². The summed E-state index contributed by atoms with van der Waals surface area (Å²) in [6.07, 6.45) is 0. The van der Waals surface area contributed by atoms with E-state index in [-0.39, 0.29) is 5.97 Å². The molecule has 6 aromatic rings. The summed E-state index contributed by atoms with van der Waals surface area (Å²) in [7, 11) is 0. The molecule has 0 radical (unpaired) electrons.